The smallest absolute Gasteiger partial charge is 0.313 e. The molecule has 6 nitrogen and oxygen atoms in total. The number of nitrogens with two attached hydrogens (primary N) is 1. The number of pyridine rings is 2. The average Bonchev–Trinajstić information content (AvgIpc) is 3.11. The van der Waals surface area contributed by atoms with Crippen LogP contribution in [0.1, 0.15) is 65.1 Å². The second-order valence-electron chi connectivity index (χ2n) is 8.78. The maximum Gasteiger partial charge on any atom is 0.313 e. The number of aryl methyl sites for hydroxylation is 1. The molecule has 0 spiro atoms. The molecule has 3 aromatic rings. The fourth-order valence-electron chi connectivity index (χ4n) is 5.61. The summed E-state index contributed by atoms with van der Waals surface area (Å²) in [6, 6.07) is 3.19. The monoisotopic (exact) mass is 419 g/mol. The van der Waals surface area contributed by atoms with Crippen LogP contribution < -0.4 is 11.3 Å². The Kier molecular flexibility index (Phi) is 3.76. The zero-order chi connectivity index (χ0) is 21.6. The first-order chi connectivity index (χ1) is 14.9. The maximum atomic E-state index is 14.6. The summed E-state index contributed by atoms with van der Waals surface area (Å²) in [5, 5.41) is 0.937. The zero-order valence-electron chi connectivity index (χ0n) is 17.4. The molecule has 3 aliphatic rings. The van der Waals surface area contributed by atoms with Gasteiger partial charge < -0.3 is 15.0 Å². The summed E-state index contributed by atoms with van der Waals surface area (Å²) < 4.78 is 21.6. The summed E-state index contributed by atoms with van der Waals surface area (Å²) in [5.41, 5.74) is 13.1. The molecule has 1 aliphatic carbocycles. The lowest BCUT2D eigenvalue weighted by atomic mass is 9.82. The molecular weight excluding hydrogens is 397 g/mol. The first-order valence-corrected chi connectivity index (χ1v) is 10.7. The number of cyclic esters (lactones) is 1. The predicted molar refractivity (Wildman–Crippen MR) is 113 cm³/mol. The SMILES string of the molecule is CC[C@H]1C(=O)OCc2c1cc1n(c2=O)Cc2c-1nc1cc(F)c(C)c3c1c2C(N)CC3. The van der Waals surface area contributed by atoms with Gasteiger partial charge in [0.1, 0.15) is 12.4 Å². The van der Waals surface area contributed by atoms with E-state index in [1.807, 2.05) is 13.0 Å². The average molecular weight is 419 g/mol. The number of hydrogen-bond donors (Lipinski definition) is 1. The number of benzene rings is 1. The Hall–Kier alpha value is -3.06. The van der Waals surface area contributed by atoms with E-state index in [4.69, 9.17) is 15.5 Å². The molecule has 0 amide bonds. The molecule has 4 heterocycles. The van der Waals surface area contributed by atoms with Crippen LogP contribution in [0.5, 0.6) is 0 Å². The van der Waals surface area contributed by atoms with Gasteiger partial charge in [-0.05, 0) is 54.5 Å². The molecule has 0 fully saturated rings. The van der Waals surface area contributed by atoms with Gasteiger partial charge in [-0.3, -0.25) is 9.59 Å². The summed E-state index contributed by atoms with van der Waals surface area (Å²) in [5.74, 6) is -1.03. The number of carbonyl (C=O) groups is 1. The van der Waals surface area contributed by atoms with Gasteiger partial charge in [-0.2, -0.15) is 0 Å². The minimum Gasteiger partial charge on any atom is -0.460 e. The van der Waals surface area contributed by atoms with Gasteiger partial charge in [0, 0.05) is 23.1 Å². The molecule has 31 heavy (non-hydrogen) atoms. The molecule has 7 heteroatoms. The van der Waals surface area contributed by atoms with Gasteiger partial charge in [-0.15, -0.1) is 0 Å². The lowest BCUT2D eigenvalue weighted by Crippen LogP contribution is -2.32. The lowest BCUT2D eigenvalue weighted by Gasteiger charge is -2.26. The van der Waals surface area contributed by atoms with Crippen molar-refractivity contribution in [1.29, 1.82) is 0 Å². The van der Waals surface area contributed by atoms with Gasteiger partial charge in [0.25, 0.3) is 5.56 Å². The minimum absolute atomic E-state index is 0.00352. The molecule has 2 N–H and O–H groups in total. The fraction of sp³-hybridized carbons (Fsp3) is 0.375. The Labute approximate surface area is 177 Å². The normalized spacial score (nSPS) is 21.0. The van der Waals surface area contributed by atoms with E-state index in [2.05, 4.69) is 0 Å². The van der Waals surface area contributed by atoms with E-state index in [9.17, 15) is 14.0 Å². The van der Waals surface area contributed by atoms with Gasteiger partial charge in [0.05, 0.1) is 34.9 Å². The molecule has 2 aliphatic heterocycles. The highest BCUT2D eigenvalue weighted by Crippen LogP contribution is 2.44. The van der Waals surface area contributed by atoms with Crippen LogP contribution in [0.4, 0.5) is 4.39 Å². The molecule has 1 unspecified atom stereocenters. The summed E-state index contributed by atoms with van der Waals surface area (Å²) in [6.45, 7) is 4.08. The summed E-state index contributed by atoms with van der Waals surface area (Å²) in [7, 11) is 0. The molecule has 2 atom stereocenters. The number of nitrogens with zero attached hydrogens (tertiary/aromatic N) is 2. The number of ether oxygens (including phenoxy) is 1. The third-order valence-corrected chi connectivity index (χ3v) is 7.24. The lowest BCUT2D eigenvalue weighted by molar-refractivity contribution is -0.148. The molecule has 0 bridgehead atoms. The van der Waals surface area contributed by atoms with Crippen LogP contribution in [0.2, 0.25) is 0 Å². The van der Waals surface area contributed by atoms with Crippen LogP contribution in [-0.4, -0.2) is 15.5 Å². The van der Waals surface area contributed by atoms with Crippen molar-refractivity contribution in [3.63, 3.8) is 0 Å². The van der Waals surface area contributed by atoms with Crippen LogP contribution in [-0.2, 0) is 29.1 Å². The number of fused-ring (bicyclic) bond motifs is 5. The molecular formula is C24H22FN3O3. The van der Waals surface area contributed by atoms with Crippen molar-refractivity contribution in [1.82, 2.24) is 9.55 Å². The number of carbonyl (C=O) groups excluding carboxylic acids is 1. The second-order valence-corrected chi connectivity index (χ2v) is 8.78. The van der Waals surface area contributed by atoms with Crippen LogP contribution >= 0.6 is 0 Å². The Morgan fingerprint density at radius 1 is 1.26 bits per heavy atom. The van der Waals surface area contributed by atoms with Gasteiger partial charge in [-0.1, -0.05) is 6.92 Å². The number of aromatic nitrogens is 2. The van der Waals surface area contributed by atoms with E-state index >= 15 is 0 Å². The molecule has 1 aromatic carbocycles. The Bertz CT molecular complexity index is 1390. The first kappa shape index (κ1) is 18.7. The van der Waals surface area contributed by atoms with Crippen molar-refractivity contribution in [3.05, 3.63) is 61.7 Å². The van der Waals surface area contributed by atoms with Gasteiger partial charge >= 0.3 is 5.97 Å². The number of esters is 1. The topological polar surface area (TPSA) is 87.2 Å². The standard InChI is InChI=1S/C24H22FN3O3/c1-3-11-13-6-19-22-14(8-28(19)23(29)15(13)9-31-24(11)30)20-17(26)5-4-12-10(2)16(25)7-18(27-22)21(12)20/h6-7,11,17H,3-5,8-9,26H2,1-2H3/t11-,17?/m1/s1. The Balaban J connectivity index is 1.69. The van der Waals surface area contributed by atoms with Crippen molar-refractivity contribution in [2.45, 2.75) is 58.2 Å². The highest BCUT2D eigenvalue weighted by atomic mass is 19.1. The Morgan fingerprint density at radius 2 is 2.06 bits per heavy atom. The van der Waals surface area contributed by atoms with E-state index in [0.29, 0.717) is 47.4 Å². The quantitative estimate of drug-likeness (QED) is 0.478. The fourth-order valence-corrected chi connectivity index (χ4v) is 5.61. The largest absolute Gasteiger partial charge is 0.460 e. The zero-order valence-corrected chi connectivity index (χ0v) is 17.4. The number of rotatable bonds is 1. The van der Waals surface area contributed by atoms with E-state index in [0.717, 1.165) is 34.1 Å². The molecule has 6 rings (SSSR count). The number of hydrogen-bond acceptors (Lipinski definition) is 5. The van der Waals surface area contributed by atoms with Crippen molar-refractivity contribution >= 4 is 16.9 Å². The second kappa shape index (κ2) is 6.23. The van der Waals surface area contributed by atoms with Gasteiger partial charge in [-0.25, -0.2) is 9.37 Å². The molecule has 2 aromatic heterocycles. The highest BCUT2D eigenvalue weighted by Gasteiger charge is 2.36. The van der Waals surface area contributed by atoms with Crippen molar-refractivity contribution < 1.29 is 13.9 Å². The summed E-state index contributed by atoms with van der Waals surface area (Å²) >= 11 is 0. The van der Waals surface area contributed by atoms with Gasteiger partial charge in [0.15, 0.2) is 0 Å². The van der Waals surface area contributed by atoms with E-state index in [1.165, 1.54) is 6.07 Å². The van der Waals surface area contributed by atoms with Crippen LogP contribution in [0.25, 0.3) is 22.3 Å². The third-order valence-electron chi connectivity index (χ3n) is 7.24. The highest BCUT2D eigenvalue weighted by molar-refractivity contribution is 5.93. The third kappa shape index (κ3) is 2.32. The van der Waals surface area contributed by atoms with Crippen LogP contribution in [0, 0.1) is 12.7 Å². The Morgan fingerprint density at radius 3 is 2.84 bits per heavy atom. The molecule has 0 radical (unpaired) electrons. The predicted octanol–water partition coefficient (Wildman–Crippen LogP) is 3.37. The van der Waals surface area contributed by atoms with Crippen LogP contribution in [0.3, 0.4) is 0 Å². The summed E-state index contributed by atoms with van der Waals surface area (Å²) in [4.78, 5) is 30.5. The van der Waals surface area contributed by atoms with E-state index in [1.54, 1.807) is 11.5 Å². The molecule has 158 valence electrons. The van der Waals surface area contributed by atoms with E-state index in [-0.39, 0.29) is 30.0 Å². The minimum atomic E-state index is -0.459. The maximum absolute atomic E-state index is 14.6. The van der Waals surface area contributed by atoms with Crippen molar-refractivity contribution in [2.75, 3.05) is 0 Å². The van der Waals surface area contributed by atoms with Crippen molar-refractivity contribution in [3.8, 4) is 11.4 Å². The molecule has 0 saturated heterocycles. The van der Waals surface area contributed by atoms with E-state index < -0.39 is 5.92 Å². The number of halogens is 1. The van der Waals surface area contributed by atoms with Crippen LogP contribution in [0.15, 0.2) is 16.9 Å². The first-order valence-electron chi connectivity index (χ1n) is 10.7. The molecule has 0 saturated carbocycles. The van der Waals surface area contributed by atoms with Gasteiger partial charge in [0.2, 0.25) is 0 Å². The summed E-state index contributed by atoms with van der Waals surface area (Å²) in [6.07, 6.45) is 2.00. The van der Waals surface area contributed by atoms with Crippen molar-refractivity contribution in [2.24, 2.45) is 5.73 Å².